The van der Waals surface area contributed by atoms with E-state index in [0.717, 1.165) is 25.6 Å². The molecule has 1 aliphatic rings. The standard InChI is InChI=1S/C13H20N4O2/c1-9(2)17(8-10-4-3-5-14-10)13(19)11-6-16-12(18)7-15-11/h6-7,9-10,14H,3-5,8H2,1-2H3,(H,16,18). The van der Waals surface area contributed by atoms with Crippen LogP contribution in [0.1, 0.15) is 37.2 Å². The number of hydrogen-bond acceptors (Lipinski definition) is 4. The van der Waals surface area contributed by atoms with Crippen LogP contribution in [0.25, 0.3) is 0 Å². The van der Waals surface area contributed by atoms with Crippen molar-refractivity contribution in [3.63, 3.8) is 0 Å². The largest absolute Gasteiger partial charge is 0.333 e. The van der Waals surface area contributed by atoms with Crippen LogP contribution >= 0.6 is 0 Å². The molecule has 0 bridgehead atoms. The molecule has 2 heterocycles. The maximum absolute atomic E-state index is 12.4. The number of aromatic amines is 1. The third-order valence-corrected chi connectivity index (χ3v) is 3.35. The fourth-order valence-corrected chi connectivity index (χ4v) is 2.28. The summed E-state index contributed by atoms with van der Waals surface area (Å²) in [6, 6.07) is 0.456. The molecule has 0 radical (unpaired) electrons. The molecular formula is C13H20N4O2. The van der Waals surface area contributed by atoms with E-state index in [1.54, 1.807) is 4.90 Å². The van der Waals surface area contributed by atoms with Crippen molar-refractivity contribution >= 4 is 5.91 Å². The van der Waals surface area contributed by atoms with E-state index in [1.165, 1.54) is 6.20 Å². The van der Waals surface area contributed by atoms with Gasteiger partial charge in [0.2, 0.25) is 0 Å². The number of rotatable bonds is 4. The minimum atomic E-state index is -0.301. The molecule has 2 N–H and O–H groups in total. The Morgan fingerprint density at radius 3 is 2.89 bits per heavy atom. The summed E-state index contributed by atoms with van der Waals surface area (Å²) >= 11 is 0. The third-order valence-electron chi connectivity index (χ3n) is 3.35. The van der Waals surface area contributed by atoms with Crippen molar-refractivity contribution in [1.82, 2.24) is 20.2 Å². The van der Waals surface area contributed by atoms with Gasteiger partial charge in [-0.05, 0) is 33.2 Å². The van der Waals surface area contributed by atoms with Crippen LogP contribution in [0.5, 0.6) is 0 Å². The van der Waals surface area contributed by atoms with Crippen LogP contribution in [0.3, 0.4) is 0 Å². The third kappa shape index (κ3) is 3.41. The molecule has 0 spiro atoms. The molecule has 1 amide bonds. The van der Waals surface area contributed by atoms with Gasteiger partial charge in [-0.1, -0.05) is 0 Å². The van der Waals surface area contributed by atoms with Crippen LogP contribution in [-0.4, -0.2) is 45.9 Å². The highest BCUT2D eigenvalue weighted by atomic mass is 16.2. The zero-order chi connectivity index (χ0) is 13.8. The van der Waals surface area contributed by atoms with Gasteiger partial charge in [-0.25, -0.2) is 4.98 Å². The molecule has 1 aromatic rings. The molecule has 0 saturated carbocycles. The highest BCUT2D eigenvalue weighted by molar-refractivity contribution is 5.92. The van der Waals surface area contributed by atoms with Crippen LogP contribution in [-0.2, 0) is 0 Å². The number of nitrogens with one attached hydrogen (secondary N) is 2. The SMILES string of the molecule is CC(C)N(CC1CCCN1)C(=O)c1c[nH]c(=O)cn1. The number of H-pyrrole nitrogens is 1. The molecule has 1 atom stereocenters. The van der Waals surface area contributed by atoms with Crippen LogP contribution < -0.4 is 10.9 Å². The number of nitrogens with zero attached hydrogens (tertiary/aromatic N) is 2. The second-order valence-corrected chi connectivity index (χ2v) is 5.14. The first kappa shape index (κ1) is 13.7. The van der Waals surface area contributed by atoms with Gasteiger partial charge in [0.05, 0.1) is 6.20 Å². The molecule has 6 nitrogen and oxygen atoms in total. The predicted molar refractivity (Wildman–Crippen MR) is 72.1 cm³/mol. The fraction of sp³-hybridized carbons (Fsp3) is 0.615. The van der Waals surface area contributed by atoms with E-state index in [9.17, 15) is 9.59 Å². The Kier molecular flexibility index (Phi) is 4.31. The van der Waals surface area contributed by atoms with E-state index in [2.05, 4.69) is 15.3 Å². The smallest absolute Gasteiger partial charge is 0.274 e. The highest BCUT2D eigenvalue weighted by Gasteiger charge is 2.25. The summed E-state index contributed by atoms with van der Waals surface area (Å²) in [7, 11) is 0. The zero-order valence-corrected chi connectivity index (χ0v) is 11.3. The molecular weight excluding hydrogens is 244 g/mol. The Hall–Kier alpha value is -1.69. The van der Waals surface area contributed by atoms with Crippen molar-refractivity contribution in [2.45, 2.75) is 38.8 Å². The Morgan fingerprint density at radius 2 is 2.37 bits per heavy atom. The summed E-state index contributed by atoms with van der Waals surface area (Å²) in [6.45, 7) is 5.66. The highest BCUT2D eigenvalue weighted by Crippen LogP contribution is 2.11. The molecule has 0 aliphatic carbocycles. The predicted octanol–water partition coefficient (Wildman–Crippen LogP) is 0.373. The quantitative estimate of drug-likeness (QED) is 0.823. The lowest BCUT2D eigenvalue weighted by atomic mass is 10.2. The Bertz CT molecular complexity index is 471. The van der Waals surface area contributed by atoms with Gasteiger partial charge in [0.25, 0.3) is 11.5 Å². The van der Waals surface area contributed by atoms with E-state index in [-0.39, 0.29) is 23.2 Å². The zero-order valence-electron chi connectivity index (χ0n) is 11.3. The first-order valence-electron chi connectivity index (χ1n) is 6.67. The lowest BCUT2D eigenvalue weighted by Crippen LogP contribution is -2.45. The van der Waals surface area contributed by atoms with Gasteiger partial charge in [0.15, 0.2) is 0 Å². The topological polar surface area (TPSA) is 78.1 Å². The molecule has 1 aliphatic heterocycles. The van der Waals surface area contributed by atoms with Crippen molar-refractivity contribution in [2.75, 3.05) is 13.1 Å². The summed E-state index contributed by atoms with van der Waals surface area (Å²) < 4.78 is 0. The lowest BCUT2D eigenvalue weighted by molar-refractivity contribution is 0.0682. The number of carbonyl (C=O) groups excluding carboxylic acids is 1. The van der Waals surface area contributed by atoms with Crippen molar-refractivity contribution in [3.05, 3.63) is 28.4 Å². The molecule has 6 heteroatoms. The molecule has 1 aromatic heterocycles. The minimum absolute atomic E-state index is 0.101. The van der Waals surface area contributed by atoms with Gasteiger partial charge in [0.1, 0.15) is 5.69 Å². The maximum atomic E-state index is 12.4. The van der Waals surface area contributed by atoms with Crippen LogP contribution in [0.4, 0.5) is 0 Å². The summed E-state index contributed by atoms with van der Waals surface area (Å²) in [5, 5.41) is 3.39. The fourth-order valence-electron chi connectivity index (χ4n) is 2.28. The van der Waals surface area contributed by atoms with Gasteiger partial charge >= 0.3 is 0 Å². The van der Waals surface area contributed by atoms with Gasteiger partial charge in [-0.15, -0.1) is 0 Å². The van der Waals surface area contributed by atoms with Gasteiger partial charge in [-0.3, -0.25) is 9.59 Å². The van der Waals surface area contributed by atoms with Crippen LogP contribution in [0, 0.1) is 0 Å². The molecule has 1 fully saturated rings. The van der Waals surface area contributed by atoms with E-state index in [0.29, 0.717) is 12.6 Å². The number of amides is 1. The summed E-state index contributed by atoms with van der Waals surface area (Å²) in [4.78, 5) is 31.6. The Morgan fingerprint density at radius 1 is 1.58 bits per heavy atom. The molecule has 19 heavy (non-hydrogen) atoms. The number of carbonyl (C=O) groups is 1. The van der Waals surface area contributed by atoms with E-state index in [1.807, 2.05) is 13.8 Å². The monoisotopic (exact) mass is 264 g/mol. The molecule has 1 unspecified atom stereocenters. The van der Waals surface area contributed by atoms with Crippen molar-refractivity contribution in [3.8, 4) is 0 Å². The second kappa shape index (κ2) is 5.97. The van der Waals surface area contributed by atoms with Crippen LogP contribution in [0.2, 0.25) is 0 Å². The Balaban J connectivity index is 2.11. The summed E-state index contributed by atoms with van der Waals surface area (Å²) in [5.74, 6) is -0.139. The molecule has 104 valence electrons. The first-order valence-corrected chi connectivity index (χ1v) is 6.67. The van der Waals surface area contributed by atoms with Crippen LogP contribution in [0.15, 0.2) is 17.2 Å². The van der Waals surface area contributed by atoms with E-state index >= 15 is 0 Å². The van der Waals surface area contributed by atoms with Gasteiger partial charge in [0, 0.05) is 24.8 Å². The molecule has 0 aromatic carbocycles. The maximum Gasteiger partial charge on any atom is 0.274 e. The molecule has 1 saturated heterocycles. The number of hydrogen-bond donors (Lipinski definition) is 2. The number of aromatic nitrogens is 2. The minimum Gasteiger partial charge on any atom is -0.333 e. The van der Waals surface area contributed by atoms with Crippen molar-refractivity contribution in [1.29, 1.82) is 0 Å². The lowest BCUT2D eigenvalue weighted by Gasteiger charge is -2.29. The normalized spacial score (nSPS) is 18.8. The average Bonchev–Trinajstić information content (AvgIpc) is 2.88. The van der Waals surface area contributed by atoms with Gasteiger partial charge in [-0.2, -0.15) is 0 Å². The van der Waals surface area contributed by atoms with E-state index < -0.39 is 0 Å². The summed E-state index contributed by atoms with van der Waals surface area (Å²) in [6.07, 6.45) is 4.76. The van der Waals surface area contributed by atoms with Gasteiger partial charge < -0.3 is 15.2 Å². The average molecular weight is 264 g/mol. The van der Waals surface area contributed by atoms with E-state index in [4.69, 9.17) is 0 Å². The molecule has 2 rings (SSSR count). The Labute approximate surface area is 112 Å². The van der Waals surface area contributed by atoms with Crippen molar-refractivity contribution in [2.24, 2.45) is 0 Å². The first-order chi connectivity index (χ1) is 9.08. The van der Waals surface area contributed by atoms with Crippen molar-refractivity contribution < 1.29 is 4.79 Å². The summed E-state index contributed by atoms with van der Waals surface area (Å²) in [5.41, 5.74) is -0.0172. The second-order valence-electron chi connectivity index (χ2n) is 5.14.